The van der Waals surface area contributed by atoms with Crippen molar-refractivity contribution in [2.24, 2.45) is 0 Å². The number of rotatable bonds is 4. The molecule has 0 aliphatic carbocycles. The zero-order valence-electron chi connectivity index (χ0n) is 23.6. The van der Waals surface area contributed by atoms with Crippen LogP contribution in [0.15, 0.2) is 146 Å². The molecule has 0 aliphatic heterocycles. The summed E-state index contributed by atoms with van der Waals surface area (Å²) >= 11 is 1.85. The molecule has 0 fully saturated rings. The summed E-state index contributed by atoms with van der Waals surface area (Å²) in [4.78, 5) is 15.2. The van der Waals surface area contributed by atoms with Crippen LogP contribution in [0.5, 0.6) is 0 Å². The molecule has 0 spiro atoms. The maximum Gasteiger partial charge on any atom is 0.238 e. The highest BCUT2D eigenvalue weighted by Gasteiger charge is 2.21. The Hall–Kier alpha value is -5.65. The molecule has 0 radical (unpaired) electrons. The molecular weight excluding hydrogens is 557 g/mol. The number of hydrogen-bond acceptors (Lipinski definition) is 4. The minimum absolute atomic E-state index is 0.600. The molecule has 0 saturated heterocycles. The van der Waals surface area contributed by atoms with E-state index in [0.29, 0.717) is 17.6 Å². The van der Waals surface area contributed by atoms with Gasteiger partial charge in [0.2, 0.25) is 5.95 Å². The molecule has 0 saturated carbocycles. The van der Waals surface area contributed by atoms with Crippen LogP contribution in [-0.2, 0) is 0 Å². The fourth-order valence-electron chi connectivity index (χ4n) is 6.21. The van der Waals surface area contributed by atoms with Gasteiger partial charge in [-0.15, -0.1) is 11.3 Å². The van der Waals surface area contributed by atoms with E-state index < -0.39 is 0 Å². The minimum Gasteiger partial charge on any atom is -0.278 e. The Morgan fingerprint density at radius 1 is 0.432 bits per heavy atom. The van der Waals surface area contributed by atoms with Crippen molar-refractivity contribution in [3.8, 4) is 39.9 Å². The summed E-state index contributed by atoms with van der Waals surface area (Å²) in [6.07, 6.45) is 0. The summed E-state index contributed by atoms with van der Waals surface area (Å²) in [5.41, 5.74) is 6.36. The van der Waals surface area contributed by atoms with E-state index in [4.69, 9.17) is 15.0 Å². The van der Waals surface area contributed by atoms with Crippen LogP contribution in [0.2, 0.25) is 0 Å². The van der Waals surface area contributed by atoms with Gasteiger partial charge >= 0.3 is 0 Å². The van der Waals surface area contributed by atoms with Crippen LogP contribution in [0.4, 0.5) is 0 Å². The summed E-state index contributed by atoms with van der Waals surface area (Å²) < 4.78 is 4.79. The third-order valence-corrected chi connectivity index (χ3v) is 9.47. The van der Waals surface area contributed by atoms with Gasteiger partial charge in [-0.2, -0.15) is 9.97 Å². The van der Waals surface area contributed by atoms with Crippen LogP contribution in [0.3, 0.4) is 0 Å². The third-order valence-electron chi connectivity index (χ3n) is 8.27. The van der Waals surface area contributed by atoms with Gasteiger partial charge in [-0.3, -0.25) is 4.57 Å². The molecule has 9 aromatic rings. The molecule has 44 heavy (non-hydrogen) atoms. The zero-order valence-corrected chi connectivity index (χ0v) is 24.4. The Balaban J connectivity index is 1.41. The van der Waals surface area contributed by atoms with Crippen LogP contribution in [-0.4, -0.2) is 19.5 Å². The lowest BCUT2D eigenvalue weighted by Gasteiger charge is -2.11. The Morgan fingerprint density at radius 2 is 1.02 bits per heavy atom. The van der Waals surface area contributed by atoms with Crippen LogP contribution < -0.4 is 0 Å². The second-order valence-electron chi connectivity index (χ2n) is 10.9. The summed E-state index contributed by atoms with van der Waals surface area (Å²) in [6, 6.07) is 50.7. The lowest BCUT2D eigenvalue weighted by molar-refractivity contribution is 0.954. The molecule has 3 heterocycles. The molecule has 5 heteroatoms. The molecule has 0 aliphatic rings. The van der Waals surface area contributed by atoms with Crippen molar-refractivity contribution in [2.45, 2.75) is 0 Å². The molecule has 3 aromatic heterocycles. The normalized spacial score (nSPS) is 11.6. The van der Waals surface area contributed by atoms with Gasteiger partial charge in [-0.05, 0) is 29.3 Å². The smallest absolute Gasteiger partial charge is 0.238 e. The number of hydrogen-bond donors (Lipinski definition) is 0. The van der Waals surface area contributed by atoms with Gasteiger partial charge in [0, 0.05) is 42.1 Å². The molecule has 206 valence electrons. The van der Waals surface area contributed by atoms with E-state index in [9.17, 15) is 0 Å². The van der Waals surface area contributed by atoms with Crippen molar-refractivity contribution in [1.29, 1.82) is 0 Å². The Labute approximate surface area is 257 Å². The highest BCUT2D eigenvalue weighted by molar-refractivity contribution is 7.26. The molecule has 0 N–H and O–H groups in total. The quantitative estimate of drug-likeness (QED) is 0.208. The lowest BCUT2D eigenvalue weighted by atomic mass is 10.0. The van der Waals surface area contributed by atoms with Gasteiger partial charge in [-0.1, -0.05) is 127 Å². The van der Waals surface area contributed by atoms with Gasteiger partial charge in [0.1, 0.15) is 0 Å². The largest absolute Gasteiger partial charge is 0.278 e. The third kappa shape index (κ3) is 3.94. The summed E-state index contributed by atoms with van der Waals surface area (Å²) in [5, 5.41) is 4.96. The van der Waals surface area contributed by atoms with Crippen molar-refractivity contribution in [3.63, 3.8) is 0 Å². The summed E-state index contributed by atoms with van der Waals surface area (Å²) in [7, 11) is 0. The fourth-order valence-corrected chi connectivity index (χ4v) is 7.46. The van der Waals surface area contributed by atoms with Crippen molar-refractivity contribution in [2.75, 3.05) is 0 Å². The first-order valence-corrected chi connectivity index (χ1v) is 15.4. The molecule has 0 atom stereocenters. The van der Waals surface area contributed by atoms with E-state index in [-0.39, 0.29) is 0 Å². The molecule has 9 rings (SSSR count). The number of aromatic nitrogens is 4. The summed E-state index contributed by atoms with van der Waals surface area (Å²) in [6.45, 7) is 0. The van der Waals surface area contributed by atoms with E-state index in [1.807, 2.05) is 72.0 Å². The molecule has 0 bridgehead atoms. The fraction of sp³-hybridized carbons (Fsp3) is 0. The maximum atomic E-state index is 5.14. The van der Waals surface area contributed by atoms with Crippen molar-refractivity contribution in [3.05, 3.63) is 146 Å². The molecular formula is C39H24N4S. The number of benzene rings is 6. The van der Waals surface area contributed by atoms with Crippen molar-refractivity contribution >= 4 is 53.3 Å². The summed E-state index contributed by atoms with van der Waals surface area (Å²) in [5.74, 6) is 1.89. The van der Waals surface area contributed by atoms with E-state index in [1.165, 1.54) is 36.5 Å². The lowest BCUT2D eigenvalue weighted by Crippen LogP contribution is -2.06. The van der Waals surface area contributed by atoms with Crippen LogP contribution >= 0.6 is 11.3 Å². The van der Waals surface area contributed by atoms with E-state index in [2.05, 4.69) is 89.5 Å². The molecule has 6 aromatic carbocycles. The standard InChI is InChI=1S/C39H24N4S/c1-4-12-25(13-5-1)28-20-21-31-33(24-28)43(32-23-22-30-29-18-10-11-19-34(29)44-36(30)35(31)32)39-41-37(26-14-6-2-7-15-26)40-38(42-39)27-16-8-3-9-17-27/h1-24H. The van der Waals surface area contributed by atoms with Gasteiger partial charge in [0.05, 0.1) is 11.0 Å². The van der Waals surface area contributed by atoms with Gasteiger partial charge in [-0.25, -0.2) is 4.98 Å². The van der Waals surface area contributed by atoms with Crippen LogP contribution in [0.1, 0.15) is 0 Å². The van der Waals surface area contributed by atoms with Gasteiger partial charge in [0.15, 0.2) is 11.6 Å². The first kappa shape index (κ1) is 24.9. The second-order valence-corrected chi connectivity index (χ2v) is 11.9. The van der Waals surface area contributed by atoms with Gasteiger partial charge < -0.3 is 0 Å². The molecule has 4 nitrogen and oxygen atoms in total. The first-order valence-electron chi connectivity index (χ1n) is 14.6. The van der Waals surface area contributed by atoms with Gasteiger partial charge in [0.25, 0.3) is 0 Å². The van der Waals surface area contributed by atoms with Crippen molar-refractivity contribution in [1.82, 2.24) is 19.5 Å². The van der Waals surface area contributed by atoms with Crippen molar-refractivity contribution < 1.29 is 0 Å². The minimum atomic E-state index is 0.600. The SMILES string of the molecule is c1ccc(-c2ccc3c4c5sc6ccccc6c5ccc4n(-c4nc(-c5ccccc5)nc(-c5ccccc5)n4)c3c2)cc1. The highest BCUT2D eigenvalue weighted by atomic mass is 32.1. The average molecular weight is 581 g/mol. The predicted molar refractivity (Wildman–Crippen MR) is 183 cm³/mol. The first-order chi connectivity index (χ1) is 21.8. The molecule has 0 unspecified atom stereocenters. The number of nitrogens with zero attached hydrogens (tertiary/aromatic N) is 4. The Bertz CT molecular complexity index is 2420. The second kappa shape index (κ2) is 9.97. The molecule has 0 amide bonds. The van der Waals surface area contributed by atoms with E-state index in [0.717, 1.165) is 27.7 Å². The van der Waals surface area contributed by atoms with Crippen LogP contribution in [0, 0.1) is 0 Å². The monoisotopic (exact) mass is 580 g/mol. The highest BCUT2D eigenvalue weighted by Crippen LogP contribution is 2.43. The predicted octanol–water partition coefficient (Wildman–Crippen LogP) is 10.3. The maximum absolute atomic E-state index is 5.14. The van der Waals surface area contributed by atoms with E-state index in [1.54, 1.807) is 0 Å². The number of thiophene rings is 1. The number of fused-ring (bicyclic) bond motifs is 7. The van der Waals surface area contributed by atoms with Crippen LogP contribution in [0.25, 0.3) is 81.8 Å². The Kier molecular flexibility index (Phi) is 5.64. The Morgan fingerprint density at radius 3 is 1.70 bits per heavy atom. The average Bonchev–Trinajstić information content (AvgIpc) is 3.64. The topological polar surface area (TPSA) is 43.6 Å². The zero-order chi connectivity index (χ0) is 29.0. The van der Waals surface area contributed by atoms with E-state index >= 15 is 0 Å².